The molecule has 3 N–H and O–H groups in total. The Morgan fingerprint density at radius 3 is 2.41 bits per heavy atom. The molecule has 0 saturated carbocycles. The second kappa shape index (κ2) is 10.00. The molecule has 0 amide bonds. The number of Topliss-reactive ketones (excluding diaryl/α,β-unsaturated/α-hetero) is 1. The fourth-order valence-electron chi connectivity index (χ4n) is 3.83. The summed E-state index contributed by atoms with van der Waals surface area (Å²) in [5, 5.41) is 7.23. The first-order chi connectivity index (χ1) is 15.6. The number of carbonyl (C=O) groups is 1. The zero-order valence-electron chi connectivity index (χ0n) is 17.9. The number of nitrogens with one attached hydrogen (secondary N) is 1. The summed E-state index contributed by atoms with van der Waals surface area (Å²) in [5.41, 5.74) is 9.48. The summed E-state index contributed by atoms with van der Waals surface area (Å²) in [4.78, 5) is 29.8. The van der Waals surface area contributed by atoms with E-state index in [2.05, 4.69) is 36.9 Å². The summed E-state index contributed by atoms with van der Waals surface area (Å²) < 4.78 is 0. The molecule has 2 aromatic heterocycles. The minimum Gasteiger partial charge on any atom is -0.387 e. The van der Waals surface area contributed by atoms with E-state index < -0.39 is 0 Å². The Labute approximate surface area is 187 Å². The van der Waals surface area contributed by atoms with Gasteiger partial charge >= 0.3 is 0 Å². The third-order valence-electron chi connectivity index (χ3n) is 5.55. The number of amidine groups is 1. The van der Waals surface area contributed by atoms with Crippen LogP contribution in [0.25, 0.3) is 11.1 Å². The van der Waals surface area contributed by atoms with E-state index in [1.54, 1.807) is 6.20 Å². The van der Waals surface area contributed by atoms with Crippen molar-refractivity contribution < 1.29 is 4.79 Å². The van der Waals surface area contributed by atoms with Crippen LogP contribution in [-0.4, -0.2) is 52.7 Å². The average Bonchev–Trinajstić information content (AvgIpc) is 2.83. The Balaban J connectivity index is 1.36. The highest BCUT2D eigenvalue weighted by Crippen LogP contribution is 2.22. The monoisotopic (exact) mass is 429 g/mol. The van der Waals surface area contributed by atoms with Crippen LogP contribution >= 0.6 is 0 Å². The van der Waals surface area contributed by atoms with Gasteiger partial charge in [0.15, 0.2) is 0 Å². The molecule has 0 spiro atoms. The molecule has 4 rings (SSSR count). The van der Waals surface area contributed by atoms with Crippen LogP contribution in [0, 0.1) is 5.41 Å². The molecule has 164 valence electrons. The van der Waals surface area contributed by atoms with Crippen molar-refractivity contribution in [2.75, 3.05) is 36.0 Å². The second-order valence-corrected chi connectivity index (χ2v) is 7.90. The minimum atomic E-state index is -0.0838. The van der Waals surface area contributed by atoms with Crippen LogP contribution in [0.15, 0.2) is 61.2 Å². The van der Waals surface area contributed by atoms with E-state index in [0.29, 0.717) is 12.8 Å². The number of piperazine rings is 1. The number of hydrogen-bond donors (Lipinski definition) is 2. The quantitative estimate of drug-likeness (QED) is 0.418. The Hall–Kier alpha value is -3.81. The van der Waals surface area contributed by atoms with Gasteiger partial charge in [0.05, 0.1) is 24.1 Å². The molecule has 32 heavy (non-hydrogen) atoms. The molecule has 3 aromatic rings. The lowest BCUT2D eigenvalue weighted by Crippen LogP contribution is -2.47. The Morgan fingerprint density at radius 2 is 1.72 bits per heavy atom. The lowest BCUT2D eigenvalue weighted by atomic mass is 10.0. The predicted octanol–water partition coefficient (Wildman–Crippen LogP) is 2.69. The maximum absolute atomic E-state index is 11.8. The van der Waals surface area contributed by atoms with Crippen LogP contribution < -0.4 is 15.5 Å². The number of aryl methyl sites for hydroxylation is 1. The maximum Gasteiger partial charge on any atom is 0.225 e. The van der Waals surface area contributed by atoms with Crippen molar-refractivity contribution in [2.45, 2.75) is 19.3 Å². The SMILES string of the molecule is N=C(N)CC(=O)CCc1cccc(-c2cnc(N3CCN(c4cccnc4)CC3)nc2)c1. The molecular weight excluding hydrogens is 402 g/mol. The average molecular weight is 430 g/mol. The zero-order chi connectivity index (χ0) is 22.3. The lowest BCUT2D eigenvalue weighted by molar-refractivity contribution is -0.117. The molecule has 0 radical (unpaired) electrons. The van der Waals surface area contributed by atoms with E-state index >= 15 is 0 Å². The van der Waals surface area contributed by atoms with Gasteiger partial charge in [-0.05, 0) is 29.7 Å². The zero-order valence-corrected chi connectivity index (χ0v) is 17.9. The Bertz CT molecular complexity index is 1060. The lowest BCUT2D eigenvalue weighted by Gasteiger charge is -2.35. The van der Waals surface area contributed by atoms with Gasteiger partial charge in [-0.15, -0.1) is 0 Å². The normalized spacial score (nSPS) is 13.8. The number of nitrogens with zero attached hydrogens (tertiary/aromatic N) is 5. The first-order valence-electron chi connectivity index (χ1n) is 10.7. The first kappa shape index (κ1) is 21.4. The van der Waals surface area contributed by atoms with Crippen LogP contribution in [0.5, 0.6) is 0 Å². The van der Waals surface area contributed by atoms with Gasteiger partial charge in [0.1, 0.15) is 5.78 Å². The molecule has 1 aromatic carbocycles. The van der Waals surface area contributed by atoms with Gasteiger partial charge < -0.3 is 15.5 Å². The van der Waals surface area contributed by atoms with Crippen LogP contribution in [0.4, 0.5) is 11.6 Å². The fraction of sp³-hybridized carbons (Fsp3) is 0.292. The number of hydrogen-bond acceptors (Lipinski definition) is 7. The van der Waals surface area contributed by atoms with Crippen LogP contribution in [0.3, 0.4) is 0 Å². The number of pyridine rings is 1. The highest BCUT2D eigenvalue weighted by Gasteiger charge is 2.19. The van der Waals surface area contributed by atoms with Crippen molar-refractivity contribution in [3.8, 4) is 11.1 Å². The molecule has 0 bridgehead atoms. The van der Waals surface area contributed by atoms with Gasteiger partial charge in [0, 0.05) is 56.8 Å². The van der Waals surface area contributed by atoms with Gasteiger partial charge in [-0.2, -0.15) is 0 Å². The van der Waals surface area contributed by atoms with E-state index in [9.17, 15) is 4.79 Å². The standard InChI is InChI=1S/C24H27N7O/c25-23(26)14-22(32)7-6-18-3-1-4-19(13-18)20-15-28-24(29-16-20)31-11-9-30(10-12-31)21-5-2-8-27-17-21/h1-5,8,13,15-17H,6-7,9-12,14H2,(H3,25,26). The number of ketones is 1. The van der Waals surface area contributed by atoms with E-state index in [1.165, 1.54) is 0 Å². The fourth-order valence-corrected chi connectivity index (χ4v) is 3.83. The molecule has 0 aliphatic carbocycles. The molecule has 0 unspecified atom stereocenters. The molecule has 8 nitrogen and oxygen atoms in total. The van der Waals surface area contributed by atoms with Gasteiger partial charge in [0.2, 0.25) is 5.95 Å². The first-order valence-corrected chi connectivity index (χ1v) is 10.7. The van der Waals surface area contributed by atoms with Gasteiger partial charge in [0.25, 0.3) is 0 Å². The van der Waals surface area contributed by atoms with Crippen molar-refractivity contribution in [1.82, 2.24) is 15.0 Å². The van der Waals surface area contributed by atoms with Crippen molar-refractivity contribution in [2.24, 2.45) is 5.73 Å². The minimum absolute atomic E-state index is 0.0146. The summed E-state index contributed by atoms with van der Waals surface area (Å²) in [5.74, 6) is 0.643. The molecule has 1 aliphatic rings. The van der Waals surface area contributed by atoms with Gasteiger partial charge in [-0.25, -0.2) is 9.97 Å². The van der Waals surface area contributed by atoms with E-state index in [4.69, 9.17) is 11.1 Å². The Morgan fingerprint density at radius 1 is 0.969 bits per heavy atom. The predicted molar refractivity (Wildman–Crippen MR) is 126 cm³/mol. The third-order valence-corrected chi connectivity index (χ3v) is 5.55. The molecule has 1 aliphatic heterocycles. The van der Waals surface area contributed by atoms with E-state index in [1.807, 2.05) is 42.9 Å². The maximum atomic E-state index is 11.8. The number of benzene rings is 1. The highest BCUT2D eigenvalue weighted by molar-refractivity contribution is 5.98. The van der Waals surface area contributed by atoms with Crippen LogP contribution in [-0.2, 0) is 11.2 Å². The van der Waals surface area contributed by atoms with Crippen molar-refractivity contribution in [1.29, 1.82) is 5.41 Å². The highest BCUT2D eigenvalue weighted by atomic mass is 16.1. The second-order valence-electron chi connectivity index (χ2n) is 7.90. The van der Waals surface area contributed by atoms with Crippen molar-refractivity contribution in [3.63, 3.8) is 0 Å². The summed E-state index contributed by atoms with van der Waals surface area (Å²) in [6.07, 6.45) is 8.42. The topological polar surface area (TPSA) is 112 Å². The largest absolute Gasteiger partial charge is 0.387 e. The van der Waals surface area contributed by atoms with Crippen LogP contribution in [0.1, 0.15) is 18.4 Å². The van der Waals surface area contributed by atoms with Crippen LogP contribution in [0.2, 0.25) is 0 Å². The number of carbonyl (C=O) groups excluding carboxylic acids is 1. The van der Waals surface area contributed by atoms with Gasteiger partial charge in [-0.3, -0.25) is 15.2 Å². The Kier molecular flexibility index (Phi) is 6.69. The van der Waals surface area contributed by atoms with E-state index in [-0.39, 0.29) is 18.0 Å². The smallest absolute Gasteiger partial charge is 0.225 e. The summed E-state index contributed by atoms with van der Waals surface area (Å²) in [7, 11) is 0. The number of aromatic nitrogens is 3. The molecular formula is C24H27N7O. The van der Waals surface area contributed by atoms with E-state index in [0.717, 1.165) is 54.5 Å². The molecule has 0 atom stereocenters. The molecule has 1 fully saturated rings. The molecule has 1 saturated heterocycles. The third kappa shape index (κ3) is 5.46. The number of rotatable bonds is 8. The van der Waals surface area contributed by atoms with Gasteiger partial charge in [-0.1, -0.05) is 24.3 Å². The molecule has 8 heteroatoms. The number of anilines is 2. The summed E-state index contributed by atoms with van der Waals surface area (Å²) in [6.45, 7) is 3.53. The van der Waals surface area contributed by atoms with Crippen molar-refractivity contribution in [3.05, 3.63) is 66.7 Å². The number of nitrogens with two attached hydrogens (primary N) is 1. The molecule has 3 heterocycles. The summed E-state index contributed by atoms with van der Waals surface area (Å²) in [6, 6.07) is 12.1. The summed E-state index contributed by atoms with van der Waals surface area (Å²) >= 11 is 0. The van der Waals surface area contributed by atoms with Crippen molar-refractivity contribution >= 4 is 23.3 Å².